The second kappa shape index (κ2) is 6.16. The zero-order valence-electron chi connectivity index (χ0n) is 11.9. The first-order valence-corrected chi connectivity index (χ1v) is 8.62. The van der Waals surface area contributed by atoms with E-state index in [4.69, 9.17) is 0 Å². The number of sulfonamides is 1. The zero-order chi connectivity index (χ0) is 16.5. The lowest BCUT2D eigenvalue weighted by Gasteiger charge is -2.18. The van der Waals surface area contributed by atoms with Crippen LogP contribution in [0.1, 0.15) is 32.8 Å². The highest BCUT2D eigenvalue weighted by Crippen LogP contribution is 2.34. The minimum atomic E-state index is -4.52. The molecule has 3 nitrogen and oxygen atoms in total. The maximum atomic E-state index is 12.6. The standard InChI is InChI=1S/C13H17BrF3NO2S/c1-12(2,3)6-7-21(19,20)18-11-8-9(13(15,16)17)4-5-10(11)14/h4-5,8,18H,6-7H2,1-3H3. The third-order valence-electron chi connectivity index (χ3n) is 2.68. The molecule has 0 fully saturated rings. The monoisotopic (exact) mass is 387 g/mol. The average molecular weight is 388 g/mol. The highest BCUT2D eigenvalue weighted by atomic mass is 79.9. The van der Waals surface area contributed by atoms with Crippen LogP contribution >= 0.6 is 15.9 Å². The summed E-state index contributed by atoms with van der Waals surface area (Å²) in [5, 5.41) is 0. The van der Waals surface area contributed by atoms with E-state index >= 15 is 0 Å². The maximum Gasteiger partial charge on any atom is 0.416 e. The van der Waals surface area contributed by atoms with E-state index in [0.717, 1.165) is 12.1 Å². The lowest BCUT2D eigenvalue weighted by Crippen LogP contribution is -2.21. The molecule has 1 aromatic carbocycles. The van der Waals surface area contributed by atoms with Gasteiger partial charge in [0, 0.05) is 4.47 Å². The van der Waals surface area contributed by atoms with Crippen LogP contribution < -0.4 is 4.72 Å². The van der Waals surface area contributed by atoms with Gasteiger partial charge in [0.05, 0.1) is 17.0 Å². The van der Waals surface area contributed by atoms with E-state index in [-0.39, 0.29) is 21.3 Å². The van der Waals surface area contributed by atoms with Crippen molar-refractivity contribution in [2.75, 3.05) is 10.5 Å². The number of anilines is 1. The number of alkyl halides is 3. The Kier molecular flexibility index (Phi) is 5.36. The molecule has 0 aliphatic carbocycles. The van der Waals surface area contributed by atoms with E-state index in [2.05, 4.69) is 20.7 Å². The normalized spacial score (nSPS) is 13.3. The fraction of sp³-hybridized carbons (Fsp3) is 0.538. The lowest BCUT2D eigenvalue weighted by molar-refractivity contribution is -0.137. The summed E-state index contributed by atoms with van der Waals surface area (Å²) in [7, 11) is -3.70. The first kappa shape index (κ1) is 18.3. The predicted octanol–water partition coefficient (Wildman–Crippen LogP) is 4.65. The fourth-order valence-electron chi connectivity index (χ4n) is 1.44. The first-order valence-electron chi connectivity index (χ1n) is 6.17. The Balaban J connectivity index is 2.97. The summed E-state index contributed by atoms with van der Waals surface area (Å²) in [6.07, 6.45) is -4.12. The Bertz CT molecular complexity index is 607. The van der Waals surface area contributed by atoms with Gasteiger partial charge in [-0.1, -0.05) is 20.8 Å². The van der Waals surface area contributed by atoms with Gasteiger partial charge in [-0.3, -0.25) is 4.72 Å². The summed E-state index contributed by atoms with van der Waals surface area (Å²) in [5.41, 5.74) is -1.20. The van der Waals surface area contributed by atoms with E-state index in [1.54, 1.807) is 0 Å². The van der Waals surface area contributed by atoms with Gasteiger partial charge >= 0.3 is 6.18 Å². The van der Waals surface area contributed by atoms with Gasteiger partial charge in [-0.05, 0) is 46.0 Å². The molecule has 0 aliphatic heterocycles. The Hall–Kier alpha value is -0.760. The largest absolute Gasteiger partial charge is 0.416 e. The van der Waals surface area contributed by atoms with Crippen LogP contribution in [0.15, 0.2) is 22.7 Å². The number of hydrogen-bond donors (Lipinski definition) is 1. The van der Waals surface area contributed by atoms with Crippen molar-refractivity contribution in [2.45, 2.75) is 33.4 Å². The molecule has 0 unspecified atom stereocenters. The van der Waals surface area contributed by atoms with Gasteiger partial charge in [0.25, 0.3) is 0 Å². The van der Waals surface area contributed by atoms with Crippen molar-refractivity contribution >= 4 is 31.6 Å². The summed E-state index contributed by atoms with van der Waals surface area (Å²) >= 11 is 3.05. The molecular weight excluding hydrogens is 371 g/mol. The molecule has 0 radical (unpaired) electrons. The van der Waals surface area contributed by atoms with Gasteiger partial charge in [0.1, 0.15) is 0 Å². The summed E-state index contributed by atoms with van der Waals surface area (Å²) in [4.78, 5) is 0. The fourth-order valence-corrected chi connectivity index (χ4v) is 3.40. The van der Waals surface area contributed by atoms with E-state index in [9.17, 15) is 21.6 Å². The van der Waals surface area contributed by atoms with Crippen LogP contribution in [0.5, 0.6) is 0 Å². The highest BCUT2D eigenvalue weighted by Gasteiger charge is 2.31. The van der Waals surface area contributed by atoms with Crippen LogP contribution in [-0.4, -0.2) is 14.2 Å². The molecule has 0 spiro atoms. The quantitative estimate of drug-likeness (QED) is 0.817. The number of halogens is 4. The van der Waals surface area contributed by atoms with Gasteiger partial charge in [0.15, 0.2) is 0 Å². The van der Waals surface area contributed by atoms with Crippen LogP contribution in [0.3, 0.4) is 0 Å². The van der Waals surface area contributed by atoms with Crippen molar-refractivity contribution in [1.82, 2.24) is 0 Å². The second-order valence-corrected chi connectivity index (χ2v) is 8.62. The van der Waals surface area contributed by atoms with Crippen LogP contribution in [0.2, 0.25) is 0 Å². The van der Waals surface area contributed by atoms with E-state index in [1.165, 1.54) is 6.07 Å². The van der Waals surface area contributed by atoms with E-state index in [1.807, 2.05) is 20.8 Å². The van der Waals surface area contributed by atoms with E-state index in [0.29, 0.717) is 6.42 Å². The van der Waals surface area contributed by atoms with Crippen molar-refractivity contribution in [2.24, 2.45) is 5.41 Å². The van der Waals surface area contributed by atoms with Gasteiger partial charge < -0.3 is 0 Å². The lowest BCUT2D eigenvalue weighted by atomic mass is 9.94. The van der Waals surface area contributed by atoms with Crippen molar-refractivity contribution in [3.05, 3.63) is 28.2 Å². The highest BCUT2D eigenvalue weighted by molar-refractivity contribution is 9.10. The van der Waals surface area contributed by atoms with Crippen molar-refractivity contribution in [3.8, 4) is 0 Å². The van der Waals surface area contributed by atoms with Crippen LogP contribution in [-0.2, 0) is 16.2 Å². The van der Waals surface area contributed by atoms with Crippen LogP contribution in [0.4, 0.5) is 18.9 Å². The summed E-state index contributed by atoms with van der Waals surface area (Å²) < 4.78 is 64.3. The molecule has 0 aliphatic rings. The molecule has 120 valence electrons. The Morgan fingerprint density at radius 2 is 1.76 bits per heavy atom. The number of rotatable bonds is 4. The molecule has 1 rings (SSSR count). The molecule has 0 atom stereocenters. The summed E-state index contributed by atoms with van der Waals surface area (Å²) in [5.74, 6) is -0.154. The topological polar surface area (TPSA) is 46.2 Å². The summed E-state index contributed by atoms with van der Waals surface area (Å²) in [6.45, 7) is 5.67. The minimum absolute atomic E-state index is 0.112. The molecule has 0 amide bonds. The third-order valence-corrected chi connectivity index (χ3v) is 4.64. The number of benzene rings is 1. The second-order valence-electron chi connectivity index (χ2n) is 5.92. The molecule has 0 aromatic heterocycles. The van der Waals surface area contributed by atoms with Gasteiger partial charge in [-0.2, -0.15) is 13.2 Å². The first-order chi connectivity index (χ1) is 9.30. The Morgan fingerprint density at radius 3 is 2.24 bits per heavy atom. The predicted molar refractivity (Wildman–Crippen MR) is 80.6 cm³/mol. The van der Waals surface area contributed by atoms with E-state index < -0.39 is 21.8 Å². The molecule has 21 heavy (non-hydrogen) atoms. The number of hydrogen-bond acceptors (Lipinski definition) is 2. The third kappa shape index (κ3) is 6.25. The molecule has 8 heteroatoms. The maximum absolute atomic E-state index is 12.6. The molecule has 0 bridgehead atoms. The minimum Gasteiger partial charge on any atom is -0.282 e. The SMILES string of the molecule is CC(C)(C)CCS(=O)(=O)Nc1cc(C(F)(F)F)ccc1Br. The van der Waals surface area contributed by atoms with Crippen molar-refractivity contribution < 1.29 is 21.6 Å². The average Bonchev–Trinajstić information content (AvgIpc) is 2.27. The van der Waals surface area contributed by atoms with Gasteiger partial charge in [0.2, 0.25) is 10.0 Å². The van der Waals surface area contributed by atoms with Crippen LogP contribution in [0.25, 0.3) is 0 Å². The molecule has 1 aromatic rings. The van der Waals surface area contributed by atoms with Crippen molar-refractivity contribution in [1.29, 1.82) is 0 Å². The van der Waals surface area contributed by atoms with Gasteiger partial charge in [-0.15, -0.1) is 0 Å². The smallest absolute Gasteiger partial charge is 0.282 e. The number of nitrogens with one attached hydrogen (secondary N) is 1. The molecule has 0 saturated carbocycles. The molecule has 1 N–H and O–H groups in total. The van der Waals surface area contributed by atoms with Gasteiger partial charge in [-0.25, -0.2) is 8.42 Å². The van der Waals surface area contributed by atoms with Crippen molar-refractivity contribution in [3.63, 3.8) is 0 Å². The molecular formula is C13H17BrF3NO2S. The Labute approximate surface area is 131 Å². The molecule has 0 heterocycles. The Morgan fingerprint density at radius 1 is 1.19 bits per heavy atom. The molecule has 0 saturated heterocycles. The van der Waals surface area contributed by atoms with Crippen LogP contribution in [0, 0.1) is 5.41 Å². The summed E-state index contributed by atoms with van der Waals surface area (Å²) in [6, 6.07) is 2.83. The zero-order valence-corrected chi connectivity index (χ0v) is 14.3.